The molecule has 3 rings (SSSR count). The average Bonchev–Trinajstić information content (AvgIpc) is 3.25. The Balaban J connectivity index is 1.94. The monoisotopic (exact) mass is 355 g/mol. The van der Waals surface area contributed by atoms with Gasteiger partial charge >= 0.3 is 5.97 Å². The van der Waals surface area contributed by atoms with Gasteiger partial charge in [-0.05, 0) is 43.4 Å². The molecule has 2 heterocycles. The molecule has 0 saturated carbocycles. The van der Waals surface area contributed by atoms with Gasteiger partial charge in [0.1, 0.15) is 0 Å². The predicted octanol–water partition coefficient (Wildman–Crippen LogP) is 3.10. The molecule has 1 fully saturated rings. The van der Waals surface area contributed by atoms with Crippen LogP contribution in [-0.4, -0.2) is 43.1 Å². The van der Waals surface area contributed by atoms with E-state index in [1.807, 2.05) is 24.3 Å². The number of methoxy groups -OCH3 is 1. The van der Waals surface area contributed by atoms with Gasteiger partial charge in [0.25, 0.3) is 5.91 Å². The van der Waals surface area contributed by atoms with Crippen LogP contribution in [0, 0.1) is 0 Å². The molecule has 0 unspecified atom stereocenters. The van der Waals surface area contributed by atoms with Crippen molar-refractivity contribution in [3.8, 4) is 0 Å². The molecule has 26 heavy (non-hydrogen) atoms. The maximum Gasteiger partial charge on any atom is 0.340 e. The van der Waals surface area contributed by atoms with Crippen molar-refractivity contribution in [2.45, 2.75) is 39.2 Å². The number of hydrogen-bond acceptors (Lipinski definition) is 4. The molecule has 5 nitrogen and oxygen atoms in total. The summed E-state index contributed by atoms with van der Waals surface area (Å²) in [5.74, 6) is -0.653. The van der Waals surface area contributed by atoms with E-state index in [0.29, 0.717) is 23.4 Å². The summed E-state index contributed by atoms with van der Waals surface area (Å²) in [4.78, 5) is 27.0. The second-order valence-electron chi connectivity index (χ2n) is 6.66. The molecule has 0 aliphatic carbocycles. The molecule has 1 aromatic carbocycles. The molecule has 0 aromatic heterocycles. The first-order valence-electron chi connectivity index (χ1n) is 9.08. The lowest BCUT2D eigenvalue weighted by molar-refractivity contribution is -0.136. The Kier molecular flexibility index (Phi) is 5.57. The number of aryl methyl sites for hydroxylation is 1. The van der Waals surface area contributed by atoms with Crippen LogP contribution in [0.1, 0.15) is 37.8 Å². The average molecular weight is 355 g/mol. The zero-order valence-corrected chi connectivity index (χ0v) is 15.6. The van der Waals surface area contributed by atoms with E-state index in [1.54, 1.807) is 17.9 Å². The standard InChI is InChI=1S/C21H25NO4/c1-4-15-7-9-16(10-8-15)12-18-19(21(24)25-3)14(2)22(20(18)23)13-17-6-5-11-26-17/h7-10,12,17H,4-6,11,13H2,1-3H3/b18-12+/t17-/m0/s1. The van der Waals surface area contributed by atoms with E-state index in [4.69, 9.17) is 9.47 Å². The van der Waals surface area contributed by atoms with Gasteiger partial charge in [0.15, 0.2) is 0 Å². The third kappa shape index (κ3) is 3.58. The molecule has 138 valence electrons. The summed E-state index contributed by atoms with van der Waals surface area (Å²) in [5.41, 5.74) is 3.48. The molecule has 0 spiro atoms. The van der Waals surface area contributed by atoms with Crippen LogP contribution in [0.25, 0.3) is 6.08 Å². The van der Waals surface area contributed by atoms with Crippen LogP contribution >= 0.6 is 0 Å². The maximum absolute atomic E-state index is 13.0. The van der Waals surface area contributed by atoms with Crippen LogP contribution in [0.2, 0.25) is 0 Å². The molecular formula is C21H25NO4. The minimum atomic E-state index is -0.484. The van der Waals surface area contributed by atoms with Crippen LogP contribution in [0.15, 0.2) is 41.1 Å². The highest BCUT2D eigenvalue weighted by atomic mass is 16.5. The number of allylic oxidation sites excluding steroid dienone is 1. The third-order valence-corrected chi connectivity index (χ3v) is 5.01. The summed E-state index contributed by atoms with van der Waals surface area (Å²) in [6, 6.07) is 7.99. The van der Waals surface area contributed by atoms with E-state index in [2.05, 4.69) is 6.92 Å². The van der Waals surface area contributed by atoms with Gasteiger partial charge in [-0.2, -0.15) is 0 Å². The summed E-state index contributed by atoms with van der Waals surface area (Å²) in [7, 11) is 1.34. The van der Waals surface area contributed by atoms with E-state index in [-0.39, 0.29) is 12.0 Å². The number of benzene rings is 1. The molecule has 2 aliphatic heterocycles. The van der Waals surface area contributed by atoms with Crippen molar-refractivity contribution in [2.24, 2.45) is 0 Å². The van der Waals surface area contributed by atoms with E-state index in [0.717, 1.165) is 31.4 Å². The number of carbonyl (C=O) groups is 2. The first-order chi connectivity index (χ1) is 12.5. The lowest BCUT2D eigenvalue weighted by Gasteiger charge is -2.21. The van der Waals surface area contributed by atoms with E-state index in [9.17, 15) is 9.59 Å². The van der Waals surface area contributed by atoms with Crippen LogP contribution in [0.3, 0.4) is 0 Å². The summed E-state index contributed by atoms with van der Waals surface area (Å²) >= 11 is 0. The van der Waals surface area contributed by atoms with Gasteiger partial charge in [0.2, 0.25) is 0 Å². The van der Waals surface area contributed by atoms with E-state index >= 15 is 0 Å². The Morgan fingerprint density at radius 1 is 1.35 bits per heavy atom. The molecule has 2 aliphatic rings. The quantitative estimate of drug-likeness (QED) is 0.602. The first kappa shape index (κ1) is 18.4. The molecule has 0 bridgehead atoms. The fourth-order valence-electron chi connectivity index (χ4n) is 3.46. The zero-order valence-electron chi connectivity index (χ0n) is 15.6. The minimum Gasteiger partial charge on any atom is -0.465 e. The Labute approximate surface area is 154 Å². The number of esters is 1. The lowest BCUT2D eigenvalue weighted by Crippen LogP contribution is -2.33. The zero-order chi connectivity index (χ0) is 18.7. The Bertz CT molecular complexity index is 755. The second kappa shape index (κ2) is 7.87. The second-order valence-corrected chi connectivity index (χ2v) is 6.66. The molecule has 0 radical (unpaired) electrons. The Hall–Kier alpha value is -2.40. The van der Waals surface area contributed by atoms with Crippen molar-refractivity contribution in [3.05, 3.63) is 52.2 Å². The molecule has 1 aromatic rings. The largest absolute Gasteiger partial charge is 0.465 e. The molecular weight excluding hydrogens is 330 g/mol. The van der Waals surface area contributed by atoms with E-state index in [1.165, 1.54) is 12.7 Å². The van der Waals surface area contributed by atoms with Crippen molar-refractivity contribution in [1.29, 1.82) is 0 Å². The number of rotatable bonds is 5. The maximum atomic E-state index is 13.0. The first-order valence-corrected chi connectivity index (χ1v) is 9.08. The predicted molar refractivity (Wildman–Crippen MR) is 99.2 cm³/mol. The number of amides is 1. The number of carbonyl (C=O) groups excluding carboxylic acids is 2. The van der Waals surface area contributed by atoms with Crippen molar-refractivity contribution >= 4 is 18.0 Å². The van der Waals surface area contributed by atoms with Crippen molar-refractivity contribution in [3.63, 3.8) is 0 Å². The normalized spacial score (nSPS) is 21.8. The topological polar surface area (TPSA) is 55.8 Å². The van der Waals surface area contributed by atoms with Crippen LogP contribution in [0.4, 0.5) is 0 Å². The molecule has 0 N–H and O–H groups in total. The molecule has 1 atom stereocenters. The molecule has 1 saturated heterocycles. The van der Waals surface area contributed by atoms with Gasteiger partial charge in [-0.25, -0.2) is 4.79 Å². The number of hydrogen-bond donors (Lipinski definition) is 0. The Morgan fingerprint density at radius 2 is 2.08 bits per heavy atom. The van der Waals surface area contributed by atoms with Crippen molar-refractivity contribution in [2.75, 3.05) is 20.3 Å². The van der Waals surface area contributed by atoms with Gasteiger partial charge in [-0.1, -0.05) is 31.2 Å². The van der Waals surface area contributed by atoms with Gasteiger partial charge in [0.05, 0.1) is 30.9 Å². The fourth-order valence-corrected chi connectivity index (χ4v) is 3.46. The SMILES string of the molecule is CCc1ccc(/C=C2/C(=O)N(C[C@@H]3CCCO3)C(C)=C2C(=O)OC)cc1. The van der Waals surface area contributed by atoms with Gasteiger partial charge in [0, 0.05) is 12.3 Å². The van der Waals surface area contributed by atoms with Crippen LogP contribution < -0.4 is 0 Å². The van der Waals surface area contributed by atoms with Crippen molar-refractivity contribution < 1.29 is 19.1 Å². The van der Waals surface area contributed by atoms with Gasteiger partial charge < -0.3 is 14.4 Å². The summed E-state index contributed by atoms with van der Waals surface area (Å²) in [6.45, 7) is 5.08. The lowest BCUT2D eigenvalue weighted by atomic mass is 10.0. The molecule has 5 heteroatoms. The molecule has 1 amide bonds. The van der Waals surface area contributed by atoms with Crippen LogP contribution in [-0.2, 0) is 25.5 Å². The minimum absolute atomic E-state index is 0.0241. The van der Waals surface area contributed by atoms with Crippen LogP contribution in [0.5, 0.6) is 0 Å². The number of ether oxygens (including phenoxy) is 2. The third-order valence-electron chi connectivity index (χ3n) is 5.01. The van der Waals surface area contributed by atoms with E-state index < -0.39 is 5.97 Å². The summed E-state index contributed by atoms with van der Waals surface area (Å²) in [6.07, 6.45) is 4.69. The van der Waals surface area contributed by atoms with Gasteiger partial charge in [-0.3, -0.25) is 4.79 Å². The smallest absolute Gasteiger partial charge is 0.340 e. The summed E-state index contributed by atoms with van der Waals surface area (Å²) < 4.78 is 10.6. The number of nitrogens with zero attached hydrogens (tertiary/aromatic N) is 1. The van der Waals surface area contributed by atoms with Gasteiger partial charge in [-0.15, -0.1) is 0 Å². The van der Waals surface area contributed by atoms with Crippen molar-refractivity contribution in [1.82, 2.24) is 4.90 Å². The highest BCUT2D eigenvalue weighted by Gasteiger charge is 2.38. The highest BCUT2D eigenvalue weighted by Crippen LogP contribution is 2.32. The Morgan fingerprint density at radius 3 is 2.65 bits per heavy atom. The highest BCUT2D eigenvalue weighted by molar-refractivity contribution is 6.16. The summed E-state index contributed by atoms with van der Waals surface area (Å²) in [5, 5.41) is 0. The fraction of sp³-hybridized carbons (Fsp3) is 0.429.